The summed E-state index contributed by atoms with van der Waals surface area (Å²) in [5.41, 5.74) is 0.242. The van der Waals surface area contributed by atoms with Crippen molar-refractivity contribution in [3.8, 4) is 0 Å². The molecule has 3 heteroatoms. The predicted octanol–water partition coefficient (Wildman–Crippen LogP) is 3.76. The van der Waals surface area contributed by atoms with Gasteiger partial charge in [0, 0.05) is 12.1 Å². The molecule has 0 saturated carbocycles. The number of carbonyl (C=O) groups excluding carboxylic acids is 1. The van der Waals surface area contributed by atoms with Crippen LogP contribution in [0.25, 0.3) is 0 Å². The Kier molecular flexibility index (Phi) is 4.58. The van der Waals surface area contributed by atoms with Crippen molar-refractivity contribution in [2.45, 2.75) is 33.2 Å². The Hall–Kier alpha value is -1.02. The molecule has 0 spiro atoms. The minimum Gasteiger partial charge on any atom is -0.322 e. The van der Waals surface area contributed by atoms with E-state index in [1.165, 1.54) is 0 Å². The number of rotatable bonds is 3. The van der Waals surface area contributed by atoms with Crippen LogP contribution in [0.3, 0.4) is 0 Å². The van der Waals surface area contributed by atoms with Gasteiger partial charge in [0.25, 0.3) is 5.91 Å². The lowest BCUT2D eigenvalue weighted by atomic mass is 9.95. The van der Waals surface area contributed by atoms with Gasteiger partial charge in [-0.25, -0.2) is 0 Å². The lowest BCUT2D eigenvalue weighted by molar-refractivity contribution is 0.0660. The van der Waals surface area contributed by atoms with Crippen LogP contribution >= 0.6 is 11.6 Å². The molecule has 1 aromatic carbocycles. The van der Waals surface area contributed by atoms with Crippen LogP contribution in [0.5, 0.6) is 0 Å². The molecule has 0 saturated heterocycles. The molecule has 1 rings (SSSR count). The third kappa shape index (κ3) is 3.47. The molecule has 1 atom stereocenters. The maximum absolute atomic E-state index is 12.3. The van der Waals surface area contributed by atoms with Crippen LogP contribution in [0.1, 0.15) is 38.1 Å². The van der Waals surface area contributed by atoms with Crippen LogP contribution in [-0.2, 0) is 0 Å². The fourth-order valence-corrected chi connectivity index (χ4v) is 1.85. The van der Waals surface area contributed by atoms with Crippen molar-refractivity contribution in [1.29, 1.82) is 0 Å². The van der Waals surface area contributed by atoms with Crippen LogP contribution in [0.2, 0.25) is 0 Å². The Morgan fingerprint density at radius 3 is 2.24 bits per heavy atom. The van der Waals surface area contributed by atoms with Gasteiger partial charge in [0.05, 0.1) is 0 Å². The molecule has 0 bridgehead atoms. The quantitative estimate of drug-likeness (QED) is 0.593. The zero-order valence-corrected chi connectivity index (χ0v) is 11.7. The number of benzene rings is 1. The second-order valence-corrected chi connectivity index (χ2v) is 5.57. The van der Waals surface area contributed by atoms with Crippen LogP contribution in [0, 0.1) is 5.41 Å². The predicted molar refractivity (Wildman–Crippen MR) is 72.2 cm³/mol. The highest BCUT2D eigenvalue weighted by molar-refractivity contribution is 6.22. The molecule has 0 radical (unpaired) electrons. The molecule has 17 heavy (non-hydrogen) atoms. The smallest absolute Gasteiger partial charge is 0.255 e. The van der Waals surface area contributed by atoms with Crippen LogP contribution in [-0.4, -0.2) is 22.9 Å². The van der Waals surface area contributed by atoms with Crippen molar-refractivity contribution in [1.82, 2.24) is 4.90 Å². The molecule has 2 nitrogen and oxygen atoms in total. The molecule has 0 aliphatic carbocycles. The highest BCUT2D eigenvalue weighted by Gasteiger charge is 2.31. The summed E-state index contributed by atoms with van der Waals surface area (Å²) in [7, 11) is 0. The minimum atomic E-state index is -0.305. The molecule has 0 N–H and O–H groups in total. The Bertz CT molecular complexity index is 370. The number of carbonyl (C=O) groups is 1. The summed E-state index contributed by atoms with van der Waals surface area (Å²) in [4.78, 5) is 14.0. The number of hydrogen-bond acceptors (Lipinski definition) is 1. The van der Waals surface area contributed by atoms with Gasteiger partial charge in [0.15, 0.2) is 0 Å². The van der Waals surface area contributed by atoms with E-state index in [-0.39, 0.29) is 16.8 Å². The number of nitrogens with zero attached hydrogens (tertiary/aromatic N) is 1. The lowest BCUT2D eigenvalue weighted by Crippen LogP contribution is -2.43. The summed E-state index contributed by atoms with van der Waals surface area (Å²) in [6, 6.07) is 9.26. The maximum Gasteiger partial charge on any atom is 0.255 e. The van der Waals surface area contributed by atoms with E-state index in [2.05, 4.69) is 0 Å². The van der Waals surface area contributed by atoms with E-state index in [1.54, 1.807) is 4.90 Å². The topological polar surface area (TPSA) is 20.3 Å². The van der Waals surface area contributed by atoms with Crippen molar-refractivity contribution in [3.05, 3.63) is 35.9 Å². The van der Waals surface area contributed by atoms with E-state index in [9.17, 15) is 4.79 Å². The van der Waals surface area contributed by atoms with Gasteiger partial charge in [-0.15, -0.1) is 0 Å². The molecule has 0 fully saturated rings. The third-order valence-corrected chi connectivity index (χ3v) is 3.50. The zero-order chi connectivity index (χ0) is 13.1. The Morgan fingerprint density at radius 1 is 1.29 bits per heavy atom. The number of amides is 1. The third-order valence-electron chi connectivity index (χ3n) is 2.61. The maximum atomic E-state index is 12.3. The molecule has 1 amide bonds. The van der Waals surface area contributed by atoms with Gasteiger partial charge in [0.2, 0.25) is 0 Å². The van der Waals surface area contributed by atoms with Crippen LogP contribution in [0.4, 0.5) is 0 Å². The van der Waals surface area contributed by atoms with Gasteiger partial charge in [-0.3, -0.25) is 4.79 Å². The van der Waals surface area contributed by atoms with Crippen molar-refractivity contribution >= 4 is 17.5 Å². The van der Waals surface area contributed by atoms with E-state index in [0.717, 1.165) is 0 Å². The van der Waals surface area contributed by atoms with E-state index in [0.29, 0.717) is 12.1 Å². The fourth-order valence-electron chi connectivity index (χ4n) is 1.62. The van der Waals surface area contributed by atoms with E-state index < -0.39 is 0 Å². The number of alkyl halides is 1. The van der Waals surface area contributed by atoms with E-state index >= 15 is 0 Å². The molecule has 1 aromatic rings. The first kappa shape index (κ1) is 14.0. The summed E-state index contributed by atoms with van der Waals surface area (Å²) >= 11 is 6.37. The first-order valence-electron chi connectivity index (χ1n) is 5.88. The fraction of sp³-hybridized carbons (Fsp3) is 0.500. The molecule has 1 unspecified atom stereocenters. The van der Waals surface area contributed by atoms with Crippen molar-refractivity contribution in [2.24, 2.45) is 5.41 Å². The normalized spacial score (nSPS) is 13.2. The standard InChI is InChI=1S/C14H20ClNO/c1-5-16(13(15)14(2,3)4)12(17)11-9-7-6-8-10-11/h6-10,13H,5H2,1-4H3. The van der Waals surface area contributed by atoms with Gasteiger partial charge in [-0.1, -0.05) is 50.6 Å². The molecule has 0 heterocycles. The number of hydrogen-bond donors (Lipinski definition) is 0. The molecule has 94 valence electrons. The first-order valence-corrected chi connectivity index (χ1v) is 6.31. The van der Waals surface area contributed by atoms with E-state index in [1.807, 2.05) is 58.0 Å². The number of halogens is 1. The Balaban J connectivity index is 2.93. The van der Waals surface area contributed by atoms with Gasteiger partial charge in [-0.2, -0.15) is 0 Å². The molecule has 0 aromatic heterocycles. The summed E-state index contributed by atoms with van der Waals surface area (Å²) in [5.74, 6) is -0.0111. The molecule has 0 aliphatic heterocycles. The molecule has 0 aliphatic rings. The molecular weight excluding hydrogens is 234 g/mol. The van der Waals surface area contributed by atoms with Crippen LogP contribution < -0.4 is 0 Å². The minimum absolute atomic E-state index is 0.0111. The van der Waals surface area contributed by atoms with Gasteiger partial charge >= 0.3 is 0 Å². The molecular formula is C14H20ClNO. The second-order valence-electron chi connectivity index (χ2n) is 5.16. The van der Waals surface area contributed by atoms with Crippen LogP contribution in [0.15, 0.2) is 30.3 Å². The average Bonchev–Trinajstić information content (AvgIpc) is 2.29. The average molecular weight is 254 g/mol. The Morgan fingerprint density at radius 2 is 1.82 bits per heavy atom. The van der Waals surface area contributed by atoms with E-state index in [4.69, 9.17) is 11.6 Å². The highest BCUT2D eigenvalue weighted by atomic mass is 35.5. The SMILES string of the molecule is CCN(C(=O)c1ccccc1)C(Cl)C(C)(C)C. The largest absolute Gasteiger partial charge is 0.322 e. The van der Waals surface area contributed by atoms with Gasteiger partial charge in [-0.05, 0) is 24.5 Å². The van der Waals surface area contributed by atoms with Crippen molar-refractivity contribution in [3.63, 3.8) is 0 Å². The summed E-state index contributed by atoms with van der Waals surface area (Å²) < 4.78 is 0. The van der Waals surface area contributed by atoms with Gasteiger partial charge < -0.3 is 4.90 Å². The summed E-state index contributed by atoms with van der Waals surface area (Å²) in [6.07, 6.45) is 0. The van der Waals surface area contributed by atoms with Gasteiger partial charge in [0.1, 0.15) is 5.50 Å². The monoisotopic (exact) mass is 253 g/mol. The zero-order valence-electron chi connectivity index (χ0n) is 10.9. The highest BCUT2D eigenvalue weighted by Crippen LogP contribution is 2.28. The lowest BCUT2D eigenvalue weighted by Gasteiger charge is -2.35. The summed E-state index contributed by atoms with van der Waals surface area (Å²) in [6.45, 7) is 8.66. The van der Waals surface area contributed by atoms with Crippen molar-refractivity contribution in [2.75, 3.05) is 6.54 Å². The Labute approximate surface area is 109 Å². The summed E-state index contributed by atoms with van der Waals surface area (Å²) in [5, 5.41) is 0. The second kappa shape index (κ2) is 5.54. The van der Waals surface area contributed by atoms with Crippen molar-refractivity contribution < 1.29 is 4.79 Å². The first-order chi connectivity index (χ1) is 7.88.